The lowest BCUT2D eigenvalue weighted by atomic mass is 10.1. The molecule has 7 heteroatoms. The van der Waals surface area contributed by atoms with E-state index in [-0.39, 0.29) is 42.5 Å². The van der Waals surface area contributed by atoms with E-state index in [9.17, 15) is 9.18 Å². The number of piperidine rings is 1. The number of benzene rings is 1. The summed E-state index contributed by atoms with van der Waals surface area (Å²) < 4.78 is 23.8. The van der Waals surface area contributed by atoms with Gasteiger partial charge in [-0.2, -0.15) is 0 Å². The monoisotopic (exact) mass is 354 g/mol. The first-order chi connectivity index (χ1) is 11.2. The van der Waals surface area contributed by atoms with Crippen LogP contribution >= 0.6 is 12.4 Å². The van der Waals surface area contributed by atoms with Crippen LogP contribution in [-0.2, 0) is 6.61 Å². The molecule has 1 saturated heterocycles. The normalized spacial score (nSPS) is 17.0. The van der Waals surface area contributed by atoms with Gasteiger partial charge in [-0.25, -0.2) is 4.39 Å². The van der Waals surface area contributed by atoms with E-state index >= 15 is 0 Å². The van der Waals surface area contributed by atoms with Crippen molar-refractivity contribution in [3.05, 3.63) is 53.7 Å². The SMILES string of the molecule is Cl.O=C(NC1CCCNC1)c1ccc(COc2ccc(F)cc2)o1. The third kappa shape index (κ3) is 4.97. The summed E-state index contributed by atoms with van der Waals surface area (Å²) >= 11 is 0. The summed E-state index contributed by atoms with van der Waals surface area (Å²) in [4.78, 5) is 12.1. The van der Waals surface area contributed by atoms with Crippen molar-refractivity contribution in [2.75, 3.05) is 13.1 Å². The lowest BCUT2D eigenvalue weighted by Gasteiger charge is -2.23. The minimum atomic E-state index is -0.313. The Labute approximate surface area is 146 Å². The fourth-order valence-electron chi connectivity index (χ4n) is 2.49. The van der Waals surface area contributed by atoms with Crippen LogP contribution in [0.2, 0.25) is 0 Å². The van der Waals surface area contributed by atoms with Crippen LogP contribution in [0.3, 0.4) is 0 Å². The number of furan rings is 1. The number of halogens is 2. The molecule has 1 aliphatic rings. The molecule has 0 radical (unpaired) electrons. The quantitative estimate of drug-likeness (QED) is 0.866. The van der Waals surface area contributed by atoms with E-state index in [1.807, 2.05) is 0 Å². The summed E-state index contributed by atoms with van der Waals surface area (Å²) in [5, 5.41) is 6.20. The first kappa shape index (κ1) is 18.3. The number of ether oxygens (including phenoxy) is 1. The average molecular weight is 355 g/mol. The Balaban J connectivity index is 0.00000208. The molecule has 2 N–H and O–H groups in total. The summed E-state index contributed by atoms with van der Waals surface area (Å²) in [5.41, 5.74) is 0. The third-order valence-corrected chi connectivity index (χ3v) is 3.71. The number of carbonyl (C=O) groups excluding carboxylic acids is 1. The third-order valence-electron chi connectivity index (χ3n) is 3.71. The van der Waals surface area contributed by atoms with E-state index in [4.69, 9.17) is 9.15 Å². The number of amides is 1. The molecule has 1 unspecified atom stereocenters. The lowest BCUT2D eigenvalue weighted by Crippen LogP contribution is -2.45. The zero-order valence-electron chi connectivity index (χ0n) is 13.1. The van der Waals surface area contributed by atoms with Crippen molar-refractivity contribution < 1.29 is 18.3 Å². The van der Waals surface area contributed by atoms with Crippen molar-refractivity contribution in [3.8, 4) is 5.75 Å². The molecule has 1 amide bonds. The standard InChI is InChI=1S/C17H19FN2O3.ClH/c18-12-3-5-14(6-4-12)22-11-15-7-8-16(23-15)17(21)20-13-2-1-9-19-10-13;/h3-8,13,19H,1-2,9-11H2,(H,20,21);1H. The van der Waals surface area contributed by atoms with E-state index in [0.29, 0.717) is 11.5 Å². The second-order valence-electron chi connectivity index (χ2n) is 5.53. The van der Waals surface area contributed by atoms with Gasteiger partial charge in [0.1, 0.15) is 23.9 Å². The molecule has 2 aromatic rings. The molecule has 2 heterocycles. The Morgan fingerprint density at radius 1 is 1.29 bits per heavy atom. The fourth-order valence-corrected chi connectivity index (χ4v) is 2.49. The maximum Gasteiger partial charge on any atom is 0.287 e. The van der Waals surface area contributed by atoms with E-state index < -0.39 is 0 Å². The zero-order valence-corrected chi connectivity index (χ0v) is 13.9. The molecule has 5 nitrogen and oxygen atoms in total. The van der Waals surface area contributed by atoms with Gasteiger partial charge in [0.05, 0.1) is 0 Å². The van der Waals surface area contributed by atoms with Crippen LogP contribution in [0.5, 0.6) is 5.75 Å². The van der Waals surface area contributed by atoms with Gasteiger partial charge in [-0.3, -0.25) is 4.79 Å². The van der Waals surface area contributed by atoms with Gasteiger partial charge < -0.3 is 19.8 Å². The molecule has 0 spiro atoms. The predicted octanol–water partition coefficient (Wildman–Crippen LogP) is 2.90. The first-order valence-electron chi connectivity index (χ1n) is 7.69. The first-order valence-corrected chi connectivity index (χ1v) is 7.69. The topological polar surface area (TPSA) is 63.5 Å². The van der Waals surface area contributed by atoms with Gasteiger partial charge in [0.15, 0.2) is 5.76 Å². The molecular weight excluding hydrogens is 335 g/mol. The number of hydrogen-bond acceptors (Lipinski definition) is 4. The van der Waals surface area contributed by atoms with Gasteiger partial charge in [0, 0.05) is 12.6 Å². The minimum Gasteiger partial charge on any atom is -0.486 e. The zero-order chi connectivity index (χ0) is 16.1. The molecule has 1 fully saturated rings. The minimum absolute atomic E-state index is 0. The number of rotatable bonds is 5. The Bertz CT molecular complexity index is 654. The predicted molar refractivity (Wildman–Crippen MR) is 90.0 cm³/mol. The van der Waals surface area contributed by atoms with Crippen molar-refractivity contribution in [1.29, 1.82) is 0 Å². The molecular formula is C17H20ClFN2O3. The van der Waals surface area contributed by atoms with Crippen molar-refractivity contribution >= 4 is 18.3 Å². The highest BCUT2D eigenvalue weighted by Crippen LogP contribution is 2.15. The second-order valence-corrected chi connectivity index (χ2v) is 5.53. The van der Waals surface area contributed by atoms with Crippen LogP contribution in [-0.4, -0.2) is 25.0 Å². The van der Waals surface area contributed by atoms with Gasteiger partial charge in [-0.05, 0) is 55.8 Å². The molecule has 1 atom stereocenters. The lowest BCUT2D eigenvalue weighted by molar-refractivity contribution is 0.0898. The number of nitrogens with one attached hydrogen (secondary N) is 2. The largest absolute Gasteiger partial charge is 0.486 e. The summed E-state index contributed by atoms with van der Waals surface area (Å²) in [6.45, 7) is 1.97. The summed E-state index contributed by atoms with van der Waals surface area (Å²) in [7, 11) is 0. The molecule has 24 heavy (non-hydrogen) atoms. The Kier molecular flexibility index (Phi) is 6.63. The molecule has 130 valence electrons. The molecule has 0 bridgehead atoms. The van der Waals surface area contributed by atoms with Crippen LogP contribution in [0.1, 0.15) is 29.2 Å². The van der Waals surface area contributed by atoms with Crippen molar-refractivity contribution in [2.45, 2.75) is 25.5 Å². The molecule has 3 rings (SSSR count). The molecule has 1 aromatic heterocycles. The van der Waals surface area contributed by atoms with Crippen LogP contribution in [0.25, 0.3) is 0 Å². The highest BCUT2D eigenvalue weighted by atomic mass is 35.5. The highest BCUT2D eigenvalue weighted by molar-refractivity contribution is 5.91. The molecule has 1 aromatic carbocycles. The summed E-state index contributed by atoms with van der Waals surface area (Å²) in [6.07, 6.45) is 2.03. The second kappa shape index (κ2) is 8.70. The van der Waals surface area contributed by atoms with Gasteiger partial charge in [-0.1, -0.05) is 0 Å². The summed E-state index contributed by atoms with van der Waals surface area (Å²) in [5.74, 6) is 0.829. The highest BCUT2D eigenvalue weighted by Gasteiger charge is 2.18. The maximum atomic E-state index is 12.8. The van der Waals surface area contributed by atoms with Gasteiger partial charge in [-0.15, -0.1) is 12.4 Å². The van der Waals surface area contributed by atoms with Crippen LogP contribution in [0, 0.1) is 5.82 Å². The van der Waals surface area contributed by atoms with E-state index in [1.165, 1.54) is 12.1 Å². The van der Waals surface area contributed by atoms with Crippen LogP contribution in [0.4, 0.5) is 4.39 Å². The van der Waals surface area contributed by atoms with Crippen LogP contribution in [0.15, 0.2) is 40.8 Å². The molecule has 1 aliphatic heterocycles. The fraction of sp³-hybridized carbons (Fsp3) is 0.353. The number of carbonyl (C=O) groups is 1. The maximum absolute atomic E-state index is 12.8. The smallest absolute Gasteiger partial charge is 0.287 e. The van der Waals surface area contributed by atoms with E-state index in [2.05, 4.69) is 10.6 Å². The van der Waals surface area contributed by atoms with E-state index in [0.717, 1.165) is 25.9 Å². The average Bonchev–Trinajstić information content (AvgIpc) is 3.04. The Morgan fingerprint density at radius 3 is 2.79 bits per heavy atom. The van der Waals surface area contributed by atoms with Gasteiger partial charge in [0.25, 0.3) is 5.91 Å². The Morgan fingerprint density at radius 2 is 2.08 bits per heavy atom. The van der Waals surface area contributed by atoms with Crippen molar-refractivity contribution in [2.24, 2.45) is 0 Å². The van der Waals surface area contributed by atoms with Crippen molar-refractivity contribution in [1.82, 2.24) is 10.6 Å². The molecule has 0 saturated carbocycles. The molecule has 0 aliphatic carbocycles. The number of hydrogen-bond donors (Lipinski definition) is 2. The summed E-state index contributed by atoms with van der Waals surface area (Å²) in [6, 6.07) is 9.22. The van der Waals surface area contributed by atoms with Crippen molar-refractivity contribution in [3.63, 3.8) is 0 Å². The Hall–Kier alpha value is -2.05. The van der Waals surface area contributed by atoms with Gasteiger partial charge in [0.2, 0.25) is 0 Å². The van der Waals surface area contributed by atoms with Crippen LogP contribution < -0.4 is 15.4 Å². The van der Waals surface area contributed by atoms with E-state index in [1.54, 1.807) is 24.3 Å². The van der Waals surface area contributed by atoms with Gasteiger partial charge >= 0.3 is 0 Å².